The SMILES string of the molecule is Cc1ccc(NC(=O)c2c(-c3c(F)cccc3Cl)noc2C)cc1[N+](=O)[O-]. The van der Waals surface area contributed by atoms with E-state index in [4.69, 9.17) is 16.1 Å². The number of nitrogens with zero attached hydrogens (tertiary/aromatic N) is 2. The van der Waals surface area contributed by atoms with Gasteiger partial charge < -0.3 is 9.84 Å². The van der Waals surface area contributed by atoms with Crippen molar-refractivity contribution in [3.63, 3.8) is 0 Å². The minimum Gasteiger partial charge on any atom is -0.360 e. The van der Waals surface area contributed by atoms with Crippen molar-refractivity contribution >= 4 is 28.9 Å². The lowest BCUT2D eigenvalue weighted by Gasteiger charge is -2.08. The maximum atomic E-state index is 14.2. The van der Waals surface area contributed by atoms with Gasteiger partial charge in [-0.15, -0.1) is 0 Å². The number of anilines is 1. The molecule has 0 aliphatic carbocycles. The van der Waals surface area contributed by atoms with Crippen molar-refractivity contribution in [3.05, 3.63) is 74.2 Å². The maximum absolute atomic E-state index is 14.2. The summed E-state index contributed by atoms with van der Waals surface area (Å²) < 4.78 is 19.3. The second kappa shape index (κ2) is 7.16. The Hall–Kier alpha value is -3.26. The van der Waals surface area contributed by atoms with Gasteiger partial charge in [-0.1, -0.05) is 28.9 Å². The molecule has 0 bridgehead atoms. The summed E-state index contributed by atoms with van der Waals surface area (Å²) in [6.07, 6.45) is 0. The molecule has 0 saturated carbocycles. The number of rotatable bonds is 4. The minimum atomic E-state index is -0.657. The van der Waals surface area contributed by atoms with Crippen LogP contribution >= 0.6 is 11.6 Å². The van der Waals surface area contributed by atoms with Gasteiger partial charge in [0.05, 0.1) is 15.5 Å². The van der Waals surface area contributed by atoms with Crippen LogP contribution in [0.5, 0.6) is 0 Å². The van der Waals surface area contributed by atoms with Gasteiger partial charge in [-0.2, -0.15) is 0 Å². The van der Waals surface area contributed by atoms with Crippen molar-refractivity contribution in [2.45, 2.75) is 13.8 Å². The Morgan fingerprint density at radius 2 is 2.04 bits per heavy atom. The second-order valence-electron chi connectivity index (χ2n) is 5.77. The van der Waals surface area contributed by atoms with Crippen molar-refractivity contribution < 1.29 is 18.6 Å². The number of amides is 1. The number of nitrogens with one attached hydrogen (secondary N) is 1. The monoisotopic (exact) mass is 389 g/mol. The van der Waals surface area contributed by atoms with Crippen LogP contribution in [0.1, 0.15) is 21.7 Å². The van der Waals surface area contributed by atoms with Crippen LogP contribution in [0.4, 0.5) is 15.8 Å². The van der Waals surface area contributed by atoms with Gasteiger partial charge in [0.1, 0.15) is 22.8 Å². The van der Waals surface area contributed by atoms with Crippen LogP contribution in [0.3, 0.4) is 0 Å². The zero-order valence-corrected chi connectivity index (χ0v) is 15.0. The van der Waals surface area contributed by atoms with Gasteiger partial charge in [0.25, 0.3) is 11.6 Å². The molecule has 0 atom stereocenters. The van der Waals surface area contributed by atoms with Crippen LogP contribution < -0.4 is 5.32 Å². The standard InChI is InChI=1S/C18H13ClFN3O4/c1-9-6-7-11(8-14(9)23(25)26)21-18(24)15-10(2)27-22-17(15)16-12(19)4-3-5-13(16)20/h3-8H,1-2H3,(H,21,24). The van der Waals surface area contributed by atoms with Gasteiger partial charge >= 0.3 is 0 Å². The predicted octanol–water partition coefficient (Wildman–Crippen LogP) is 4.91. The number of carbonyl (C=O) groups is 1. The number of aryl methyl sites for hydroxylation is 2. The first-order valence-electron chi connectivity index (χ1n) is 7.76. The van der Waals surface area contributed by atoms with E-state index in [0.29, 0.717) is 5.56 Å². The normalized spacial score (nSPS) is 10.7. The average molecular weight is 390 g/mol. The summed E-state index contributed by atoms with van der Waals surface area (Å²) in [5, 5.41) is 17.5. The Balaban J connectivity index is 2.01. The fourth-order valence-electron chi connectivity index (χ4n) is 2.61. The topological polar surface area (TPSA) is 98.3 Å². The molecule has 0 spiro atoms. The molecule has 0 aliphatic heterocycles. The molecule has 0 aliphatic rings. The molecule has 27 heavy (non-hydrogen) atoms. The lowest BCUT2D eigenvalue weighted by atomic mass is 10.0. The molecule has 0 radical (unpaired) electrons. The zero-order valence-electron chi connectivity index (χ0n) is 14.2. The lowest BCUT2D eigenvalue weighted by molar-refractivity contribution is -0.385. The van der Waals surface area contributed by atoms with E-state index in [1.165, 1.54) is 43.3 Å². The van der Waals surface area contributed by atoms with Gasteiger partial charge in [-0.05, 0) is 32.0 Å². The Morgan fingerprint density at radius 3 is 2.70 bits per heavy atom. The fraction of sp³-hybridized carbons (Fsp3) is 0.111. The molecular weight excluding hydrogens is 377 g/mol. The van der Waals surface area contributed by atoms with Crippen molar-refractivity contribution in [1.29, 1.82) is 0 Å². The molecular formula is C18H13ClFN3O4. The molecule has 1 heterocycles. The van der Waals surface area contributed by atoms with E-state index in [2.05, 4.69) is 10.5 Å². The first-order valence-corrected chi connectivity index (χ1v) is 8.14. The number of hydrogen-bond donors (Lipinski definition) is 1. The van der Waals surface area contributed by atoms with E-state index >= 15 is 0 Å². The summed E-state index contributed by atoms with van der Waals surface area (Å²) >= 11 is 6.05. The third-order valence-corrected chi connectivity index (χ3v) is 4.27. The van der Waals surface area contributed by atoms with E-state index in [-0.39, 0.29) is 39.0 Å². The quantitative estimate of drug-likeness (QED) is 0.504. The molecule has 3 aromatic rings. The summed E-state index contributed by atoms with van der Waals surface area (Å²) in [7, 11) is 0. The molecule has 1 amide bonds. The smallest absolute Gasteiger partial charge is 0.274 e. The number of benzene rings is 2. The summed E-state index contributed by atoms with van der Waals surface area (Å²) in [6.45, 7) is 3.09. The molecule has 1 aromatic heterocycles. The molecule has 9 heteroatoms. The molecule has 7 nitrogen and oxygen atoms in total. The van der Waals surface area contributed by atoms with Crippen LogP contribution in [0.2, 0.25) is 5.02 Å². The highest BCUT2D eigenvalue weighted by molar-refractivity contribution is 6.33. The summed E-state index contributed by atoms with van der Waals surface area (Å²) in [4.78, 5) is 23.3. The lowest BCUT2D eigenvalue weighted by Crippen LogP contribution is -2.14. The molecule has 2 aromatic carbocycles. The van der Waals surface area contributed by atoms with Gasteiger partial charge in [0, 0.05) is 17.3 Å². The van der Waals surface area contributed by atoms with Gasteiger partial charge in [-0.25, -0.2) is 4.39 Å². The minimum absolute atomic E-state index is 0.00905. The zero-order chi connectivity index (χ0) is 19.7. The van der Waals surface area contributed by atoms with Crippen LogP contribution in [0, 0.1) is 29.8 Å². The highest BCUT2D eigenvalue weighted by Crippen LogP contribution is 2.34. The fourth-order valence-corrected chi connectivity index (χ4v) is 2.86. The summed E-state index contributed by atoms with van der Waals surface area (Å²) in [5.41, 5.74) is 0.421. The Kier molecular flexibility index (Phi) is 4.91. The van der Waals surface area contributed by atoms with Crippen molar-refractivity contribution in [3.8, 4) is 11.3 Å². The highest BCUT2D eigenvalue weighted by atomic mass is 35.5. The van der Waals surface area contributed by atoms with Crippen LogP contribution in [-0.4, -0.2) is 16.0 Å². The molecule has 3 rings (SSSR count). The second-order valence-corrected chi connectivity index (χ2v) is 6.18. The molecule has 138 valence electrons. The van der Waals surface area contributed by atoms with Crippen LogP contribution in [0.25, 0.3) is 11.3 Å². The van der Waals surface area contributed by atoms with Crippen LogP contribution in [-0.2, 0) is 0 Å². The number of aromatic nitrogens is 1. The number of nitro benzene ring substituents is 1. The van der Waals surface area contributed by atoms with E-state index in [1.807, 2.05) is 0 Å². The van der Waals surface area contributed by atoms with E-state index < -0.39 is 16.6 Å². The van der Waals surface area contributed by atoms with E-state index in [1.54, 1.807) is 6.92 Å². The highest BCUT2D eigenvalue weighted by Gasteiger charge is 2.26. The maximum Gasteiger partial charge on any atom is 0.274 e. The molecule has 0 saturated heterocycles. The van der Waals surface area contributed by atoms with E-state index in [9.17, 15) is 19.3 Å². The number of halogens is 2. The summed E-state index contributed by atoms with van der Waals surface area (Å²) in [6, 6.07) is 8.37. The van der Waals surface area contributed by atoms with Gasteiger partial charge in [0.15, 0.2) is 0 Å². The Bertz CT molecular complexity index is 1040. The number of hydrogen-bond acceptors (Lipinski definition) is 5. The first-order chi connectivity index (χ1) is 12.8. The first kappa shape index (κ1) is 18.5. The van der Waals surface area contributed by atoms with Gasteiger partial charge in [-0.3, -0.25) is 14.9 Å². The van der Waals surface area contributed by atoms with Gasteiger partial charge in [0.2, 0.25) is 0 Å². The number of nitro groups is 1. The average Bonchev–Trinajstić information content (AvgIpc) is 2.97. The third-order valence-electron chi connectivity index (χ3n) is 3.95. The van der Waals surface area contributed by atoms with Crippen LogP contribution in [0.15, 0.2) is 40.9 Å². The Labute approximate surface area is 157 Å². The molecule has 0 fully saturated rings. The molecule has 0 unspecified atom stereocenters. The predicted molar refractivity (Wildman–Crippen MR) is 97.4 cm³/mol. The molecule has 1 N–H and O–H groups in total. The third kappa shape index (κ3) is 3.52. The largest absolute Gasteiger partial charge is 0.360 e. The summed E-state index contributed by atoms with van der Waals surface area (Å²) in [5.74, 6) is -1.15. The van der Waals surface area contributed by atoms with Crippen molar-refractivity contribution in [2.75, 3.05) is 5.32 Å². The van der Waals surface area contributed by atoms with Crippen molar-refractivity contribution in [1.82, 2.24) is 5.16 Å². The van der Waals surface area contributed by atoms with Crippen molar-refractivity contribution in [2.24, 2.45) is 0 Å². The van der Waals surface area contributed by atoms with E-state index in [0.717, 1.165) is 0 Å². The Morgan fingerprint density at radius 1 is 1.30 bits per heavy atom. The number of carbonyl (C=O) groups excluding carboxylic acids is 1.